The van der Waals surface area contributed by atoms with Gasteiger partial charge in [0.25, 0.3) is 0 Å². The van der Waals surface area contributed by atoms with E-state index in [4.69, 9.17) is 9.47 Å². The fraction of sp³-hybridized carbons (Fsp3) is 0.238. The van der Waals surface area contributed by atoms with E-state index in [-0.39, 0.29) is 4.90 Å². The molecule has 2 heterocycles. The maximum atomic E-state index is 12.8. The molecule has 2 aromatic carbocycles. The molecular formula is C21H23N5O4S. The number of ether oxygens (including phenoxy) is 2. The predicted molar refractivity (Wildman–Crippen MR) is 116 cm³/mol. The van der Waals surface area contributed by atoms with Crippen LogP contribution < -0.4 is 14.2 Å². The molecule has 2 aromatic heterocycles. The lowest BCUT2D eigenvalue weighted by atomic mass is 10.2. The topological polar surface area (TPSA) is 111 Å². The number of H-pyrrole nitrogens is 1. The van der Waals surface area contributed by atoms with Gasteiger partial charge in [-0.15, -0.1) is 5.10 Å². The summed E-state index contributed by atoms with van der Waals surface area (Å²) in [6.07, 6.45) is 1.86. The van der Waals surface area contributed by atoms with E-state index in [1.165, 1.54) is 19.2 Å². The minimum absolute atomic E-state index is 0.137. The zero-order valence-electron chi connectivity index (χ0n) is 17.4. The van der Waals surface area contributed by atoms with Crippen LogP contribution in [0.4, 0.5) is 0 Å². The van der Waals surface area contributed by atoms with Gasteiger partial charge in [0.15, 0.2) is 5.82 Å². The largest absolute Gasteiger partial charge is 0.497 e. The van der Waals surface area contributed by atoms with Gasteiger partial charge in [0.05, 0.1) is 18.0 Å². The zero-order chi connectivity index (χ0) is 22.0. The quantitative estimate of drug-likeness (QED) is 0.432. The van der Waals surface area contributed by atoms with E-state index < -0.39 is 16.1 Å². The molecule has 9 nitrogen and oxygen atoms in total. The number of hydrogen-bond acceptors (Lipinski definition) is 6. The zero-order valence-corrected chi connectivity index (χ0v) is 18.2. The van der Waals surface area contributed by atoms with Gasteiger partial charge in [-0.1, -0.05) is 5.10 Å². The SMILES string of the molecule is CCn1c(Oc2ccc3cc[nH]c3c2)nnc1[C@@H](C)NS(=O)(=O)c1ccc(OC)cc1. The number of nitrogens with one attached hydrogen (secondary N) is 2. The van der Waals surface area contributed by atoms with Crippen molar-refractivity contribution >= 4 is 20.9 Å². The Labute approximate surface area is 180 Å². The second-order valence-corrected chi connectivity index (χ2v) is 8.65. The second kappa shape index (κ2) is 8.40. The highest BCUT2D eigenvalue weighted by atomic mass is 32.2. The van der Waals surface area contributed by atoms with Gasteiger partial charge in [0.1, 0.15) is 11.5 Å². The molecule has 0 bridgehead atoms. The Morgan fingerprint density at radius 1 is 1.10 bits per heavy atom. The van der Waals surface area contributed by atoms with Gasteiger partial charge < -0.3 is 14.5 Å². The summed E-state index contributed by atoms with van der Waals surface area (Å²) >= 11 is 0. The van der Waals surface area contributed by atoms with Crippen molar-refractivity contribution in [2.75, 3.05) is 7.11 Å². The van der Waals surface area contributed by atoms with E-state index in [9.17, 15) is 8.42 Å². The molecule has 0 radical (unpaired) electrons. The first kappa shape index (κ1) is 20.9. The number of nitrogens with zero attached hydrogens (tertiary/aromatic N) is 3. The van der Waals surface area contributed by atoms with Crippen LogP contribution in [0.5, 0.6) is 17.5 Å². The molecule has 0 fully saturated rings. The summed E-state index contributed by atoms with van der Waals surface area (Å²) < 4.78 is 40.9. The van der Waals surface area contributed by atoms with Gasteiger partial charge in [-0.3, -0.25) is 4.57 Å². The molecule has 4 aromatic rings. The van der Waals surface area contributed by atoms with Gasteiger partial charge in [-0.25, -0.2) is 13.1 Å². The molecule has 31 heavy (non-hydrogen) atoms. The molecule has 0 saturated carbocycles. The molecule has 4 rings (SSSR count). The molecule has 10 heteroatoms. The van der Waals surface area contributed by atoms with E-state index >= 15 is 0 Å². The summed E-state index contributed by atoms with van der Waals surface area (Å²) in [5.74, 6) is 1.64. The first-order chi connectivity index (χ1) is 14.9. The van der Waals surface area contributed by atoms with Crippen LogP contribution in [0.25, 0.3) is 10.9 Å². The summed E-state index contributed by atoms with van der Waals surface area (Å²) in [4.78, 5) is 3.28. The lowest BCUT2D eigenvalue weighted by molar-refractivity contribution is 0.408. The Balaban J connectivity index is 1.55. The maximum Gasteiger partial charge on any atom is 0.322 e. The van der Waals surface area contributed by atoms with E-state index in [1.807, 2.05) is 37.4 Å². The van der Waals surface area contributed by atoms with Crippen LogP contribution >= 0.6 is 0 Å². The average molecular weight is 442 g/mol. The molecule has 0 amide bonds. The number of aromatic amines is 1. The van der Waals surface area contributed by atoms with Crippen molar-refractivity contribution in [2.24, 2.45) is 0 Å². The fourth-order valence-electron chi connectivity index (χ4n) is 3.30. The van der Waals surface area contributed by atoms with E-state index in [2.05, 4.69) is 19.9 Å². The van der Waals surface area contributed by atoms with Crippen LogP contribution in [0.2, 0.25) is 0 Å². The predicted octanol–water partition coefficient (Wildman–Crippen LogP) is 3.62. The van der Waals surface area contributed by atoms with Crippen LogP contribution in [0.1, 0.15) is 25.7 Å². The number of aromatic nitrogens is 4. The third kappa shape index (κ3) is 4.25. The standard InChI is InChI=1S/C21H23N5O4S/c1-4-26-20(14(2)25-31(27,28)18-9-7-16(29-3)8-10-18)23-24-21(26)30-17-6-5-15-11-12-22-19(15)13-17/h5-14,22,25H,4H2,1-3H3/t14-/m1/s1. The lowest BCUT2D eigenvalue weighted by Gasteiger charge is -2.15. The molecule has 162 valence electrons. The van der Waals surface area contributed by atoms with E-state index in [0.717, 1.165) is 10.9 Å². The molecule has 0 aliphatic carbocycles. The molecule has 2 N–H and O–H groups in total. The summed E-state index contributed by atoms with van der Waals surface area (Å²) in [6.45, 7) is 4.14. The van der Waals surface area contributed by atoms with E-state index in [0.29, 0.717) is 29.9 Å². The number of fused-ring (bicyclic) bond motifs is 1. The lowest BCUT2D eigenvalue weighted by Crippen LogP contribution is -2.29. The van der Waals surface area contributed by atoms with Crippen molar-refractivity contribution in [2.45, 2.75) is 31.3 Å². The molecular weight excluding hydrogens is 418 g/mol. The van der Waals surface area contributed by atoms with Crippen molar-refractivity contribution in [3.05, 3.63) is 60.6 Å². The monoisotopic (exact) mass is 441 g/mol. The molecule has 0 spiro atoms. The molecule has 1 atom stereocenters. The Hall–Kier alpha value is -3.37. The number of sulfonamides is 1. The van der Waals surface area contributed by atoms with E-state index in [1.54, 1.807) is 23.6 Å². The minimum Gasteiger partial charge on any atom is -0.497 e. The highest BCUT2D eigenvalue weighted by Gasteiger charge is 2.24. The highest BCUT2D eigenvalue weighted by Crippen LogP contribution is 2.26. The van der Waals surface area contributed by atoms with Gasteiger partial charge in [0, 0.05) is 24.3 Å². The molecule has 0 aliphatic heterocycles. The van der Waals surface area contributed by atoms with Gasteiger partial charge >= 0.3 is 6.01 Å². The van der Waals surface area contributed by atoms with Crippen LogP contribution in [0, 0.1) is 0 Å². The summed E-state index contributed by atoms with van der Waals surface area (Å²) in [5, 5.41) is 9.37. The number of rotatable bonds is 8. The Morgan fingerprint density at radius 2 is 1.84 bits per heavy atom. The summed E-state index contributed by atoms with van der Waals surface area (Å²) in [7, 11) is -2.23. The van der Waals surface area contributed by atoms with Crippen molar-refractivity contribution < 1.29 is 17.9 Å². The van der Waals surface area contributed by atoms with Gasteiger partial charge in [0.2, 0.25) is 10.0 Å². The van der Waals surface area contributed by atoms with Crippen LogP contribution in [-0.4, -0.2) is 35.3 Å². The number of hydrogen-bond donors (Lipinski definition) is 2. The fourth-order valence-corrected chi connectivity index (χ4v) is 4.50. The highest BCUT2D eigenvalue weighted by molar-refractivity contribution is 7.89. The van der Waals surface area contributed by atoms with Gasteiger partial charge in [-0.2, -0.15) is 0 Å². The van der Waals surface area contributed by atoms with Gasteiger partial charge in [-0.05, 0) is 61.7 Å². The number of methoxy groups -OCH3 is 1. The molecule has 0 saturated heterocycles. The Bertz CT molecular complexity index is 1300. The Kier molecular flexibility index (Phi) is 5.66. The minimum atomic E-state index is -3.76. The molecule has 0 unspecified atom stereocenters. The van der Waals surface area contributed by atoms with Crippen molar-refractivity contribution in [3.8, 4) is 17.5 Å². The summed E-state index contributed by atoms with van der Waals surface area (Å²) in [6, 6.07) is 13.5. The van der Waals surface area contributed by atoms with Crippen molar-refractivity contribution in [3.63, 3.8) is 0 Å². The summed E-state index contributed by atoms with van der Waals surface area (Å²) in [5.41, 5.74) is 0.945. The van der Waals surface area contributed by atoms with Crippen LogP contribution in [0.3, 0.4) is 0 Å². The Morgan fingerprint density at radius 3 is 2.55 bits per heavy atom. The first-order valence-electron chi connectivity index (χ1n) is 9.75. The van der Waals surface area contributed by atoms with Crippen molar-refractivity contribution in [1.82, 2.24) is 24.5 Å². The van der Waals surface area contributed by atoms with Crippen molar-refractivity contribution in [1.29, 1.82) is 0 Å². The third-order valence-corrected chi connectivity index (χ3v) is 6.44. The molecule has 0 aliphatic rings. The maximum absolute atomic E-state index is 12.8. The second-order valence-electron chi connectivity index (χ2n) is 6.93. The first-order valence-corrected chi connectivity index (χ1v) is 11.2. The normalized spacial score (nSPS) is 12.7. The van der Waals surface area contributed by atoms with Crippen LogP contribution in [0.15, 0.2) is 59.6 Å². The average Bonchev–Trinajstić information content (AvgIpc) is 3.39. The third-order valence-electron chi connectivity index (χ3n) is 4.89. The smallest absolute Gasteiger partial charge is 0.322 e. The number of benzene rings is 2. The van der Waals surface area contributed by atoms with Crippen LogP contribution in [-0.2, 0) is 16.6 Å².